The lowest BCUT2D eigenvalue weighted by atomic mass is 10.3. The van der Waals surface area contributed by atoms with Gasteiger partial charge in [0.05, 0.1) is 12.4 Å². The third kappa shape index (κ3) is 4.02. The largest absolute Gasteiger partial charge is 0.377 e. The van der Waals surface area contributed by atoms with Gasteiger partial charge in [0.2, 0.25) is 0 Å². The Kier molecular flexibility index (Phi) is 4.68. The Morgan fingerprint density at radius 2 is 2.00 bits per heavy atom. The van der Waals surface area contributed by atoms with E-state index in [9.17, 15) is 0 Å². The molecule has 0 aliphatic carbocycles. The van der Waals surface area contributed by atoms with Crippen LogP contribution >= 0.6 is 0 Å². The van der Waals surface area contributed by atoms with Crippen LogP contribution in [0, 0.1) is 0 Å². The zero-order valence-corrected chi connectivity index (χ0v) is 9.70. The summed E-state index contributed by atoms with van der Waals surface area (Å²) in [7, 11) is 3.97. The number of anilines is 1. The van der Waals surface area contributed by atoms with Gasteiger partial charge in [-0.05, 0) is 19.1 Å². The van der Waals surface area contributed by atoms with Crippen LogP contribution in [0.1, 0.15) is 6.92 Å². The van der Waals surface area contributed by atoms with Crippen molar-refractivity contribution in [3.05, 3.63) is 30.3 Å². The second kappa shape index (κ2) is 6.06. The zero-order chi connectivity index (χ0) is 11.1. The van der Waals surface area contributed by atoms with Gasteiger partial charge in [-0.1, -0.05) is 18.2 Å². The molecule has 3 heteroatoms. The van der Waals surface area contributed by atoms with E-state index in [4.69, 9.17) is 0 Å². The highest BCUT2D eigenvalue weighted by atomic mass is 15.1. The van der Waals surface area contributed by atoms with Crippen LogP contribution in [0.5, 0.6) is 0 Å². The molecule has 0 aliphatic heterocycles. The first-order valence-corrected chi connectivity index (χ1v) is 5.19. The van der Waals surface area contributed by atoms with Crippen molar-refractivity contribution in [2.24, 2.45) is 4.99 Å². The number of nitrogens with zero attached hydrogens (tertiary/aromatic N) is 2. The fourth-order valence-electron chi connectivity index (χ4n) is 1.26. The topological polar surface area (TPSA) is 27.6 Å². The molecule has 0 aromatic heterocycles. The summed E-state index contributed by atoms with van der Waals surface area (Å²) in [5.41, 5.74) is 1.23. The van der Waals surface area contributed by atoms with Gasteiger partial charge in [-0.25, -0.2) is 0 Å². The molecule has 0 aliphatic rings. The number of likely N-dealkylation sites (N-methyl/N-ethyl adjacent to an activating group) is 1. The SMILES string of the molecule is CN/C(C)=N/CCN(C)c1ccccc1. The van der Waals surface area contributed by atoms with Crippen molar-refractivity contribution in [1.29, 1.82) is 0 Å². The fraction of sp³-hybridized carbons (Fsp3) is 0.417. The molecule has 0 unspecified atom stereocenters. The van der Waals surface area contributed by atoms with Gasteiger partial charge in [0.25, 0.3) is 0 Å². The van der Waals surface area contributed by atoms with Crippen molar-refractivity contribution in [3.8, 4) is 0 Å². The predicted octanol–water partition coefficient (Wildman–Crippen LogP) is 1.76. The van der Waals surface area contributed by atoms with Crippen LogP contribution in [0.2, 0.25) is 0 Å². The molecule has 0 amide bonds. The van der Waals surface area contributed by atoms with Gasteiger partial charge >= 0.3 is 0 Å². The van der Waals surface area contributed by atoms with Crippen LogP contribution in [-0.4, -0.2) is 33.0 Å². The molecule has 0 saturated carbocycles. The monoisotopic (exact) mass is 205 g/mol. The molecule has 0 radical (unpaired) electrons. The maximum Gasteiger partial charge on any atom is 0.0929 e. The van der Waals surface area contributed by atoms with Crippen molar-refractivity contribution in [2.45, 2.75) is 6.92 Å². The maximum absolute atomic E-state index is 4.37. The molecule has 0 bridgehead atoms. The van der Waals surface area contributed by atoms with Crippen molar-refractivity contribution in [2.75, 3.05) is 32.1 Å². The molecular formula is C12H19N3. The van der Waals surface area contributed by atoms with E-state index in [1.807, 2.05) is 32.2 Å². The van der Waals surface area contributed by atoms with Gasteiger partial charge in [-0.2, -0.15) is 0 Å². The Balaban J connectivity index is 2.40. The minimum absolute atomic E-state index is 0.818. The zero-order valence-electron chi connectivity index (χ0n) is 9.70. The molecule has 15 heavy (non-hydrogen) atoms. The Hall–Kier alpha value is -1.51. The maximum atomic E-state index is 4.37. The molecule has 3 nitrogen and oxygen atoms in total. The molecular weight excluding hydrogens is 186 g/mol. The van der Waals surface area contributed by atoms with Crippen LogP contribution in [0.15, 0.2) is 35.3 Å². The van der Waals surface area contributed by atoms with E-state index in [1.165, 1.54) is 5.69 Å². The lowest BCUT2D eigenvalue weighted by Gasteiger charge is -2.17. The molecule has 0 spiro atoms. The van der Waals surface area contributed by atoms with E-state index < -0.39 is 0 Å². The first-order valence-electron chi connectivity index (χ1n) is 5.19. The lowest BCUT2D eigenvalue weighted by Crippen LogP contribution is -2.22. The van der Waals surface area contributed by atoms with Gasteiger partial charge in [-0.15, -0.1) is 0 Å². The Bertz CT molecular complexity index is 306. The lowest BCUT2D eigenvalue weighted by molar-refractivity contribution is 0.879. The highest BCUT2D eigenvalue weighted by molar-refractivity contribution is 5.79. The molecule has 1 rings (SSSR count). The highest BCUT2D eigenvalue weighted by Gasteiger charge is 1.97. The summed E-state index contributed by atoms with van der Waals surface area (Å²) in [6, 6.07) is 10.3. The third-order valence-corrected chi connectivity index (χ3v) is 2.34. The summed E-state index contributed by atoms with van der Waals surface area (Å²) in [4.78, 5) is 6.57. The second-order valence-corrected chi connectivity index (χ2v) is 3.47. The molecule has 0 atom stereocenters. The molecule has 1 aromatic rings. The van der Waals surface area contributed by atoms with E-state index in [1.54, 1.807) is 0 Å². The molecule has 0 fully saturated rings. The summed E-state index contributed by atoms with van der Waals surface area (Å²) in [6.07, 6.45) is 0. The minimum atomic E-state index is 0.818. The number of aliphatic imine (C=N–C) groups is 1. The Morgan fingerprint density at radius 1 is 1.33 bits per heavy atom. The van der Waals surface area contributed by atoms with Crippen LogP contribution in [0.3, 0.4) is 0 Å². The minimum Gasteiger partial charge on any atom is -0.377 e. The summed E-state index contributed by atoms with van der Waals surface area (Å²) < 4.78 is 0. The van der Waals surface area contributed by atoms with Crippen LogP contribution in [0.4, 0.5) is 5.69 Å². The van der Waals surface area contributed by atoms with E-state index in [-0.39, 0.29) is 0 Å². The summed E-state index contributed by atoms with van der Waals surface area (Å²) in [5.74, 6) is 0.983. The molecule has 1 N–H and O–H groups in total. The number of rotatable bonds is 4. The number of hydrogen-bond acceptors (Lipinski definition) is 2. The van der Waals surface area contributed by atoms with Crippen molar-refractivity contribution in [3.63, 3.8) is 0 Å². The van der Waals surface area contributed by atoms with E-state index in [2.05, 4.69) is 34.4 Å². The quantitative estimate of drug-likeness (QED) is 0.599. The van der Waals surface area contributed by atoms with E-state index in [0.717, 1.165) is 18.9 Å². The highest BCUT2D eigenvalue weighted by Crippen LogP contribution is 2.09. The number of nitrogens with one attached hydrogen (secondary N) is 1. The molecule has 0 heterocycles. The fourth-order valence-corrected chi connectivity index (χ4v) is 1.26. The van der Waals surface area contributed by atoms with Gasteiger partial charge in [-0.3, -0.25) is 4.99 Å². The summed E-state index contributed by atoms with van der Waals surface area (Å²) in [5, 5.41) is 3.01. The van der Waals surface area contributed by atoms with E-state index in [0.29, 0.717) is 0 Å². The van der Waals surface area contributed by atoms with E-state index >= 15 is 0 Å². The Labute approximate surface area is 91.8 Å². The van der Waals surface area contributed by atoms with Gasteiger partial charge in [0.1, 0.15) is 0 Å². The Morgan fingerprint density at radius 3 is 2.60 bits per heavy atom. The first kappa shape index (κ1) is 11.6. The second-order valence-electron chi connectivity index (χ2n) is 3.47. The number of para-hydroxylation sites is 1. The molecule has 1 aromatic carbocycles. The smallest absolute Gasteiger partial charge is 0.0929 e. The number of benzene rings is 1. The van der Waals surface area contributed by atoms with Gasteiger partial charge in [0, 0.05) is 26.3 Å². The number of amidine groups is 1. The summed E-state index contributed by atoms with van der Waals surface area (Å²) in [6.45, 7) is 3.73. The normalized spacial score (nSPS) is 11.3. The number of hydrogen-bond donors (Lipinski definition) is 1. The molecule has 0 saturated heterocycles. The summed E-state index contributed by atoms with van der Waals surface area (Å²) >= 11 is 0. The van der Waals surface area contributed by atoms with Crippen molar-refractivity contribution < 1.29 is 0 Å². The van der Waals surface area contributed by atoms with Gasteiger partial charge in [0.15, 0.2) is 0 Å². The van der Waals surface area contributed by atoms with Crippen molar-refractivity contribution >= 4 is 11.5 Å². The average molecular weight is 205 g/mol. The molecule has 82 valence electrons. The van der Waals surface area contributed by atoms with Crippen molar-refractivity contribution in [1.82, 2.24) is 5.32 Å². The predicted molar refractivity (Wildman–Crippen MR) is 66.7 cm³/mol. The van der Waals surface area contributed by atoms with Crippen LogP contribution in [0.25, 0.3) is 0 Å². The van der Waals surface area contributed by atoms with Gasteiger partial charge < -0.3 is 10.2 Å². The first-order chi connectivity index (χ1) is 7.24. The van der Waals surface area contributed by atoms with Crippen LogP contribution < -0.4 is 10.2 Å². The standard InChI is InChI=1S/C12H19N3/c1-11(13-2)14-9-10-15(3)12-7-5-4-6-8-12/h4-8H,9-10H2,1-3H3,(H,13,14). The third-order valence-electron chi connectivity index (χ3n) is 2.34. The van der Waals surface area contributed by atoms with Crippen LogP contribution in [-0.2, 0) is 0 Å². The average Bonchev–Trinajstić information content (AvgIpc) is 2.29.